The number of rotatable bonds is 4. The molecule has 12 heteroatoms. The predicted octanol–water partition coefficient (Wildman–Crippen LogP) is 6.01. The first-order chi connectivity index (χ1) is 18.9. The van der Waals surface area contributed by atoms with Gasteiger partial charge in [-0.25, -0.2) is 13.6 Å². The van der Waals surface area contributed by atoms with Gasteiger partial charge in [-0.3, -0.25) is 9.69 Å². The van der Waals surface area contributed by atoms with Crippen LogP contribution in [-0.2, 0) is 11.3 Å². The van der Waals surface area contributed by atoms with Crippen molar-refractivity contribution in [3.8, 4) is 5.75 Å². The summed E-state index contributed by atoms with van der Waals surface area (Å²) in [5.74, 6) is -2.74. The molecule has 1 unspecified atom stereocenters. The van der Waals surface area contributed by atoms with Crippen molar-refractivity contribution in [2.24, 2.45) is 0 Å². The molecule has 2 saturated heterocycles. The number of benzene rings is 2. The average molecular weight is 569 g/mol. The molecule has 2 fully saturated rings. The van der Waals surface area contributed by atoms with Gasteiger partial charge >= 0.3 is 12.1 Å². The molecular formula is C28H29F5N2O5. The summed E-state index contributed by atoms with van der Waals surface area (Å²) in [6, 6.07) is 11.0. The summed E-state index contributed by atoms with van der Waals surface area (Å²) >= 11 is 0. The zero-order valence-electron chi connectivity index (χ0n) is 21.8. The number of aliphatic carboxylic acids is 1. The fraction of sp³-hybridized carbons (Fsp3) is 0.429. The number of para-hydroxylation sites is 1. The van der Waals surface area contributed by atoms with Crippen molar-refractivity contribution < 1.29 is 45.8 Å². The summed E-state index contributed by atoms with van der Waals surface area (Å²) in [7, 11) is 1.58. The van der Waals surface area contributed by atoms with Crippen molar-refractivity contribution >= 4 is 22.8 Å². The molecule has 1 spiro atoms. The Hall–Kier alpha value is -3.67. The third-order valence-electron chi connectivity index (χ3n) is 7.50. The van der Waals surface area contributed by atoms with Gasteiger partial charge in [-0.2, -0.15) is 13.2 Å². The van der Waals surface area contributed by atoms with E-state index in [1.54, 1.807) is 13.2 Å². The number of ether oxygens (including phenoxy) is 1. The first kappa shape index (κ1) is 29.3. The summed E-state index contributed by atoms with van der Waals surface area (Å²) in [5.41, 5.74) is 0.878. The van der Waals surface area contributed by atoms with Gasteiger partial charge in [0.15, 0.2) is 17.1 Å². The fourth-order valence-electron chi connectivity index (χ4n) is 5.52. The van der Waals surface area contributed by atoms with Gasteiger partial charge in [0.1, 0.15) is 11.6 Å². The Bertz CT molecular complexity index is 1370. The second-order valence-corrected chi connectivity index (χ2v) is 9.92. The lowest BCUT2D eigenvalue weighted by Crippen LogP contribution is -2.44. The molecule has 1 N–H and O–H groups in total. The molecular weight excluding hydrogens is 539 g/mol. The molecule has 0 radical (unpaired) electrons. The van der Waals surface area contributed by atoms with Crippen molar-refractivity contribution in [2.45, 2.75) is 50.4 Å². The van der Waals surface area contributed by atoms with Crippen molar-refractivity contribution in [2.75, 3.05) is 26.7 Å². The second kappa shape index (κ2) is 11.8. The quantitative estimate of drug-likeness (QED) is 0.388. The van der Waals surface area contributed by atoms with Crippen LogP contribution in [0, 0.1) is 11.6 Å². The molecule has 3 aromatic rings. The number of hydrogen-bond donors (Lipinski definition) is 1. The summed E-state index contributed by atoms with van der Waals surface area (Å²) < 4.78 is 71.0. The van der Waals surface area contributed by atoms with E-state index in [0.717, 1.165) is 50.1 Å². The Labute approximate surface area is 227 Å². The van der Waals surface area contributed by atoms with Crippen LogP contribution in [0.4, 0.5) is 22.0 Å². The van der Waals surface area contributed by atoms with Crippen molar-refractivity contribution in [3.63, 3.8) is 0 Å². The second-order valence-electron chi connectivity index (χ2n) is 9.92. The Morgan fingerprint density at radius 1 is 1.02 bits per heavy atom. The lowest BCUT2D eigenvalue weighted by molar-refractivity contribution is -0.192. The van der Waals surface area contributed by atoms with Crippen LogP contribution in [0.1, 0.15) is 48.2 Å². The highest BCUT2D eigenvalue weighted by atomic mass is 19.4. The topological polar surface area (TPSA) is 83.2 Å². The molecule has 2 aliphatic heterocycles. The smallest absolute Gasteiger partial charge is 0.490 e. The number of carboxylic acids is 1. The highest BCUT2D eigenvalue weighted by Gasteiger charge is 2.42. The summed E-state index contributed by atoms with van der Waals surface area (Å²) in [6.07, 6.45) is -0.458. The first-order valence-electron chi connectivity index (χ1n) is 12.8. The van der Waals surface area contributed by atoms with Crippen molar-refractivity contribution in [3.05, 3.63) is 65.4 Å². The third kappa shape index (κ3) is 6.38. The Balaban J connectivity index is 0.000000470. The van der Waals surface area contributed by atoms with Crippen LogP contribution in [-0.4, -0.2) is 65.2 Å². The molecule has 5 rings (SSSR count). The number of alkyl halides is 3. The van der Waals surface area contributed by atoms with Gasteiger partial charge < -0.3 is 19.2 Å². The minimum atomic E-state index is -5.08. The predicted molar refractivity (Wildman–Crippen MR) is 135 cm³/mol. The number of furan rings is 1. The molecule has 216 valence electrons. The maximum atomic E-state index is 14.3. The van der Waals surface area contributed by atoms with E-state index < -0.39 is 18.0 Å². The van der Waals surface area contributed by atoms with Crippen LogP contribution in [0.15, 0.2) is 46.9 Å². The average Bonchev–Trinajstić information content (AvgIpc) is 3.45. The standard InChI is InChI=1S/C26H28F2N2O3.C2HF3O2/c1-32-22-6-2-5-18-16-23(33-24(18)22)25(31)29-12-3-9-26(11-14-29)10-4-13-30(26)17-19-15-20(27)7-8-21(19)28;3-2(4,5)1(6)7/h2,5-8,15-16H,3-4,9-14,17H2,1H3;(H,6,7). The van der Waals surface area contributed by atoms with Crippen LogP contribution in [0.3, 0.4) is 0 Å². The number of halogens is 5. The molecule has 0 saturated carbocycles. The molecule has 2 aromatic carbocycles. The number of carbonyl (C=O) groups is 2. The summed E-state index contributed by atoms with van der Waals surface area (Å²) in [5, 5.41) is 7.96. The fourth-order valence-corrected chi connectivity index (χ4v) is 5.52. The van der Waals surface area contributed by atoms with Gasteiger partial charge in [0.05, 0.1) is 7.11 Å². The number of hydrogen-bond acceptors (Lipinski definition) is 5. The van der Waals surface area contributed by atoms with Gasteiger partial charge in [-0.05, 0) is 69.0 Å². The van der Waals surface area contributed by atoms with Gasteiger partial charge in [0.25, 0.3) is 5.91 Å². The number of fused-ring (bicyclic) bond motifs is 1. The zero-order valence-corrected chi connectivity index (χ0v) is 21.8. The lowest BCUT2D eigenvalue weighted by Gasteiger charge is -2.38. The van der Waals surface area contributed by atoms with E-state index in [1.165, 1.54) is 12.1 Å². The number of methoxy groups -OCH3 is 1. The highest BCUT2D eigenvalue weighted by molar-refractivity contribution is 5.97. The van der Waals surface area contributed by atoms with E-state index >= 15 is 0 Å². The molecule has 7 nitrogen and oxygen atoms in total. The van der Waals surface area contributed by atoms with E-state index in [9.17, 15) is 26.7 Å². The first-order valence-corrected chi connectivity index (χ1v) is 12.8. The van der Waals surface area contributed by atoms with E-state index in [0.29, 0.717) is 42.3 Å². The summed E-state index contributed by atoms with van der Waals surface area (Å²) in [6.45, 7) is 2.50. The SMILES string of the molecule is COc1cccc2cc(C(=O)N3CCCC4(CCCN4Cc4cc(F)ccc4F)CC3)oc12.O=C(O)C(F)(F)F. The van der Waals surface area contributed by atoms with Crippen LogP contribution in [0.2, 0.25) is 0 Å². The van der Waals surface area contributed by atoms with Gasteiger partial charge in [0.2, 0.25) is 0 Å². The number of amides is 1. The Kier molecular flexibility index (Phi) is 8.67. The highest BCUT2D eigenvalue weighted by Crippen LogP contribution is 2.40. The molecule has 2 aliphatic rings. The monoisotopic (exact) mass is 568 g/mol. The third-order valence-corrected chi connectivity index (χ3v) is 7.50. The van der Waals surface area contributed by atoms with Gasteiger partial charge in [-0.15, -0.1) is 0 Å². The van der Waals surface area contributed by atoms with Crippen molar-refractivity contribution in [1.29, 1.82) is 0 Å². The minimum absolute atomic E-state index is 0.0924. The minimum Gasteiger partial charge on any atom is -0.493 e. The van der Waals surface area contributed by atoms with E-state index in [4.69, 9.17) is 19.1 Å². The molecule has 1 amide bonds. The summed E-state index contributed by atoms with van der Waals surface area (Å²) in [4.78, 5) is 26.3. The number of carbonyl (C=O) groups excluding carboxylic acids is 1. The molecule has 0 bridgehead atoms. The molecule has 1 atom stereocenters. The molecule has 1 aromatic heterocycles. The van der Waals surface area contributed by atoms with Crippen LogP contribution in [0.25, 0.3) is 11.0 Å². The van der Waals surface area contributed by atoms with Crippen LogP contribution < -0.4 is 4.74 Å². The zero-order chi connectivity index (χ0) is 29.1. The van der Waals surface area contributed by atoms with E-state index in [1.807, 2.05) is 23.1 Å². The Morgan fingerprint density at radius 3 is 2.40 bits per heavy atom. The Morgan fingerprint density at radius 2 is 1.73 bits per heavy atom. The van der Waals surface area contributed by atoms with Crippen LogP contribution >= 0.6 is 0 Å². The van der Waals surface area contributed by atoms with Crippen LogP contribution in [0.5, 0.6) is 5.75 Å². The number of carboxylic acid groups (broad SMARTS) is 1. The molecule has 40 heavy (non-hydrogen) atoms. The van der Waals surface area contributed by atoms with E-state index in [-0.39, 0.29) is 17.3 Å². The maximum Gasteiger partial charge on any atom is 0.490 e. The molecule has 0 aliphatic carbocycles. The van der Waals surface area contributed by atoms with Gasteiger partial charge in [-0.1, -0.05) is 12.1 Å². The van der Waals surface area contributed by atoms with E-state index in [2.05, 4.69) is 4.90 Å². The van der Waals surface area contributed by atoms with Gasteiger partial charge in [0, 0.05) is 36.1 Å². The van der Waals surface area contributed by atoms with Crippen molar-refractivity contribution in [1.82, 2.24) is 9.80 Å². The molecule has 3 heterocycles. The normalized spacial score (nSPS) is 19.8. The number of nitrogens with zero attached hydrogens (tertiary/aromatic N) is 2. The largest absolute Gasteiger partial charge is 0.493 e. The lowest BCUT2D eigenvalue weighted by atomic mass is 9.87. The number of likely N-dealkylation sites (tertiary alicyclic amines) is 2. The maximum absolute atomic E-state index is 14.3.